The van der Waals surface area contributed by atoms with E-state index in [9.17, 15) is 9.90 Å². The molecule has 0 aliphatic carbocycles. The molecular formula is C9H9ClO4. The van der Waals surface area contributed by atoms with Gasteiger partial charge in [0.25, 0.3) is 0 Å². The molecule has 4 nitrogen and oxygen atoms in total. The molecule has 0 radical (unpaired) electrons. The van der Waals surface area contributed by atoms with Crippen molar-refractivity contribution in [1.29, 1.82) is 0 Å². The van der Waals surface area contributed by atoms with Gasteiger partial charge in [0.15, 0.2) is 11.5 Å². The van der Waals surface area contributed by atoms with E-state index in [1.807, 2.05) is 0 Å². The lowest BCUT2D eigenvalue weighted by molar-refractivity contribution is 0.0691. The van der Waals surface area contributed by atoms with Crippen molar-refractivity contribution in [1.82, 2.24) is 0 Å². The third-order valence-electron chi connectivity index (χ3n) is 1.55. The standard InChI is InChI=1S/C9H9ClO4/c1-2-14-8-6(9(12)13)3-5(10)4-7(8)11/h3-4,11H,2H2,1H3,(H,12,13). The lowest BCUT2D eigenvalue weighted by atomic mass is 10.2. The molecule has 0 heterocycles. The average Bonchev–Trinajstić information content (AvgIpc) is 2.09. The van der Waals surface area contributed by atoms with E-state index in [1.54, 1.807) is 6.92 Å². The molecule has 5 heteroatoms. The van der Waals surface area contributed by atoms with Gasteiger partial charge in [0, 0.05) is 11.1 Å². The first-order valence-corrected chi connectivity index (χ1v) is 4.32. The number of benzene rings is 1. The Morgan fingerprint density at radius 2 is 2.21 bits per heavy atom. The highest BCUT2D eigenvalue weighted by Crippen LogP contribution is 2.33. The van der Waals surface area contributed by atoms with E-state index in [4.69, 9.17) is 21.4 Å². The molecule has 0 bridgehead atoms. The van der Waals surface area contributed by atoms with Gasteiger partial charge in [0.05, 0.1) is 6.61 Å². The number of phenols is 1. The molecule has 0 saturated heterocycles. The molecule has 0 unspecified atom stereocenters. The zero-order chi connectivity index (χ0) is 10.7. The zero-order valence-corrected chi connectivity index (χ0v) is 8.21. The average molecular weight is 217 g/mol. The Morgan fingerprint density at radius 3 is 2.71 bits per heavy atom. The van der Waals surface area contributed by atoms with Crippen molar-refractivity contribution in [2.24, 2.45) is 0 Å². The van der Waals surface area contributed by atoms with Gasteiger partial charge in [-0.05, 0) is 13.0 Å². The van der Waals surface area contributed by atoms with Gasteiger partial charge in [-0.2, -0.15) is 0 Å². The molecule has 0 aliphatic heterocycles. The number of aromatic hydroxyl groups is 1. The Hall–Kier alpha value is -1.42. The van der Waals surface area contributed by atoms with Crippen LogP contribution in [0.15, 0.2) is 12.1 Å². The van der Waals surface area contributed by atoms with Crippen LogP contribution < -0.4 is 4.74 Å². The number of hydrogen-bond donors (Lipinski definition) is 2. The normalized spacial score (nSPS) is 9.86. The second-order valence-electron chi connectivity index (χ2n) is 2.54. The number of rotatable bonds is 3. The third kappa shape index (κ3) is 2.09. The number of aromatic carboxylic acids is 1. The van der Waals surface area contributed by atoms with E-state index in [2.05, 4.69) is 0 Å². The number of carboxylic acids is 1. The van der Waals surface area contributed by atoms with Gasteiger partial charge in [-0.3, -0.25) is 0 Å². The monoisotopic (exact) mass is 216 g/mol. The van der Waals surface area contributed by atoms with E-state index in [1.165, 1.54) is 12.1 Å². The molecule has 1 rings (SSSR count). The first kappa shape index (κ1) is 10.7. The van der Waals surface area contributed by atoms with Crippen LogP contribution in [0.4, 0.5) is 0 Å². The summed E-state index contributed by atoms with van der Waals surface area (Å²) < 4.78 is 4.99. The highest BCUT2D eigenvalue weighted by atomic mass is 35.5. The fourth-order valence-corrected chi connectivity index (χ4v) is 1.25. The summed E-state index contributed by atoms with van der Waals surface area (Å²) in [6.45, 7) is 1.97. The van der Waals surface area contributed by atoms with E-state index >= 15 is 0 Å². The smallest absolute Gasteiger partial charge is 0.339 e. The molecule has 76 valence electrons. The highest BCUT2D eigenvalue weighted by Gasteiger charge is 2.16. The van der Waals surface area contributed by atoms with Crippen LogP contribution in [0.1, 0.15) is 17.3 Å². The number of carboxylic acid groups (broad SMARTS) is 1. The predicted octanol–water partition coefficient (Wildman–Crippen LogP) is 2.14. The van der Waals surface area contributed by atoms with Gasteiger partial charge >= 0.3 is 5.97 Å². The molecular weight excluding hydrogens is 208 g/mol. The summed E-state index contributed by atoms with van der Waals surface area (Å²) in [7, 11) is 0. The Labute approximate surface area is 85.7 Å². The van der Waals surface area contributed by atoms with Crippen molar-refractivity contribution >= 4 is 17.6 Å². The van der Waals surface area contributed by atoms with Gasteiger partial charge in [0.2, 0.25) is 0 Å². The van der Waals surface area contributed by atoms with Gasteiger partial charge in [-0.25, -0.2) is 4.79 Å². The highest BCUT2D eigenvalue weighted by molar-refractivity contribution is 6.31. The Bertz CT molecular complexity index is 362. The van der Waals surface area contributed by atoms with Crippen LogP contribution >= 0.6 is 11.6 Å². The molecule has 0 aromatic heterocycles. The molecule has 1 aromatic rings. The van der Waals surface area contributed by atoms with Crippen molar-refractivity contribution in [3.63, 3.8) is 0 Å². The molecule has 1 aromatic carbocycles. The summed E-state index contributed by atoms with van der Waals surface area (Å²) in [4.78, 5) is 10.8. The second kappa shape index (κ2) is 4.19. The third-order valence-corrected chi connectivity index (χ3v) is 1.77. The number of halogens is 1. The lowest BCUT2D eigenvalue weighted by Gasteiger charge is -2.09. The van der Waals surface area contributed by atoms with Crippen molar-refractivity contribution < 1.29 is 19.7 Å². The summed E-state index contributed by atoms with van der Waals surface area (Å²) in [5, 5.41) is 18.3. The Balaban J connectivity index is 3.28. The Morgan fingerprint density at radius 1 is 1.57 bits per heavy atom. The molecule has 2 N–H and O–H groups in total. The summed E-state index contributed by atoms with van der Waals surface area (Å²) in [5.41, 5.74) is -0.142. The molecule has 0 atom stereocenters. The first-order chi connectivity index (χ1) is 6.56. The predicted molar refractivity (Wildman–Crippen MR) is 51.2 cm³/mol. The van der Waals surface area contributed by atoms with E-state index in [0.717, 1.165) is 0 Å². The number of hydrogen-bond acceptors (Lipinski definition) is 3. The fourth-order valence-electron chi connectivity index (χ4n) is 1.03. The maximum atomic E-state index is 10.8. The minimum Gasteiger partial charge on any atom is -0.504 e. The molecule has 0 spiro atoms. The largest absolute Gasteiger partial charge is 0.504 e. The van der Waals surface area contributed by atoms with Gasteiger partial charge in [0.1, 0.15) is 5.56 Å². The van der Waals surface area contributed by atoms with Crippen LogP contribution in [0.25, 0.3) is 0 Å². The minimum absolute atomic E-state index is 0.0515. The minimum atomic E-state index is -1.19. The molecule has 0 aliphatic rings. The van der Waals surface area contributed by atoms with Crippen molar-refractivity contribution in [2.75, 3.05) is 6.61 Å². The van der Waals surface area contributed by atoms with Crippen LogP contribution in [-0.2, 0) is 0 Å². The van der Waals surface area contributed by atoms with Crippen LogP contribution in [0.5, 0.6) is 11.5 Å². The summed E-state index contributed by atoms with van der Waals surface area (Å²) in [6.07, 6.45) is 0. The van der Waals surface area contributed by atoms with Crippen molar-refractivity contribution in [3.05, 3.63) is 22.7 Å². The summed E-state index contributed by atoms with van der Waals surface area (Å²) in [6, 6.07) is 2.47. The van der Waals surface area contributed by atoms with Crippen LogP contribution in [-0.4, -0.2) is 22.8 Å². The fraction of sp³-hybridized carbons (Fsp3) is 0.222. The molecule has 0 amide bonds. The lowest BCUT2D eigenvalue weighted by Crippen LogP contribution is -2.03. The molecule has 0 fully saturated rings. The van der Waals surface area contributed by atoms with Gasteiger partial charge in [-0.15, -0.1) is 0 Å². The molecule has 14 heavy (non-hydrogen) atoms. The first-order valence-electron chi connectivity index (χ1n) is 3.94. The maximum absolute atomic E-state index is 10.8. The van der Waals surface area contributed by atoms with Gasteiger partial charge < -0.3 is 14.9 Å². The summed E-state index contributed by atoms with van der Waals surface area (Å²) >= 11 is 5.59. The van der Waals surface area contributed by atoms with E-state index in [0.29, 0.717) is 0 Å². The topological polar surface area (TPSA) is 66.8 Å². The Kier molecular flexibility index (Phi) is 3.19. The van der Waals surface area contributed by atoms with Crippen LogP contribution in [0.2, 0.25) is 5.02 Å². The number of phenolic OH excluding ortho intramolecular Hbond substituents is 1. The molecule has 0 saturated carbocycles. The maximum Gasteiger partial charge on any atom is 0.339 e. The van der Waals surface area contributed by atoms with E-state index in [-0.39, 0.29) is 28.7 Å². The van der Waals surface area contributed by atoms with Crippen molar-refractivity contribution in [3.8, 4) is 11.5 Å². The number of carbonyl (C=O) groups is 1. The van der Waals surface area contributed by atoms with Crippen LogP contribution in [0, 0.1) is 0 Å². The quantitative estimate of drug-likeness (QED) is 0.813. The number of ether oxygens (including phenoxy) is 1. The van der Waals surface area contributed by atoms with Crippen LogP contribution in [0.3, 0.4) is 0 Å². The van der Waals surface area contributed by atoms with Crippen molar-refractivity contribution in [2.45, 2.75) is 6.92 Å². The SMILES string of the molecule is CCOc1c(O)cc(Cl)cc1C(=O)O. The van der Waals surface area contributed by atoms with Gasteiger partial charge in [-0.1, -0.05) is 11.6 Å². The second-order valence-corrected chi connectivity index (χ2v) is 2.98. The summed E-state index contributed by atoms with van der Waals surface area (Å²) in [5.74, 6) is -1.51. The van der Waals surface area contributed by atoms with E-state index < -0.39 is 5.97 Å². The zero-order valence-electron chi connectivity index (χ0n) is 7.45.